The molecule has 0 bridgehead atoms. The smallest absolute Gasteiger partial charge is 0.243 e. The maximum atomic E-state index is 12.7. The SMILES string of the molecule is O=S(=O)(c1ccc(CNC2[C@H]3CCO[C@H]3C23CCCC3)cc1)N1CCCC1. The minimum absolute atomic E-state index is 0.361. The van der Waals surface area contributed by atoms with Crippen LogP contribution in [0.25, 0.3) is 0 Å². The molecule has 1 aromatic carbocycles. The van der Waals surface area contributed by atoms with Crippen LogP contribution in [0.5, 0.6) is 0 Å². The Hall–Kier alpha value is -0.950. The Kier molecular flexibility index (Phi) is 4.58. The number of nitrogens with zero attached hydrogens (tertiary/aromatic N) is 1. The Balaban J connectivity index is 1.25. The Morgan fingerprint density at radius 3 is 2.48 bits per heavy atom. The molecule has 3 atom stereocenters. The monoisotopic (exact) mass is 390 g/mol. The predicted octanol–water partition coefficient (Wildman–Crippen LogP) is 2.91. The van der Waals surface area contributed by atoms with E-state index in [2.05, 4.69) is 5.32 Å². The summed E-state index contributed by atoms with van der Waals surface area (Å²) in [5, 5.41) is 3.81. The third-order valence-corrected chi connectivity index (χ3v) is 9.35. The number of rotatable bonds is 5. The molecule has 6 heteroatoms. The summed E-state index contributed by atoms with van der Waals surface area (Å²) >= 11 is 0. The molecule has 1 aromatic rings. The molecule has 0 amide bonds. The first-order valence-corrected chi connectivity index (χ1v) is 12.0. The first kappa shape index (κ1) is 18.1. The number of hydrogen-bond donors (Lipinski definition) is 1. The van der Waals surface area contributed by atoms with Crippen LogP contribution in [0.15, 0.2) is 29.2 Å². The van der Waals surface area contributed by atoms with Gasteiger partial charge < -0.3 is 10.1 Å². The van der Waals surface area contributed by atoms with Gasteiger partial charge in [-0.15, -0.1) is 0 Å². The van der Waals surface area contributed by atoms with Crippen LogP contribution >= 0.6 is 0 Å². The van der Waals surface area contributed by atoms with Gasteiger partial charge in [-0.1, -0.05) is 25.0 Å². The minimum Gasteiger partial charge on any atom is -0.377 e. The van der Waals surface area contributed by atoms with Crippen molar-refractivity contribution in [1.29, 1.82) is 0 Å². The van der Waals surface area contributed by atoms with E-state index in [1.54, 1.807) is 16.4 Å². The van der Waals surface area contributed by atoms with Crippen LogP contribution < -0.4 is 5.32 Å². The zero-order valence-electron chi connectivity index (χ0n) is 15.9. The van der Waals surface area contributed by atoms with Crippen LogP contribution in [0.1, 0.15) is 50.5 Å². The average molecular weight is 391 g/mol. The number of ether oxygens (including phenoxy) is 1. The fourth-order valence-electron chi connectivity index (χ4n) is 6.09. The summed E-state index contributed by atoms with van der Waals surface area (Å²) in [6, 6.07) is 8.05. The number of benzene rings is 1. The summed E-state index contributed by atoms with van der Waals surface area (Å²) in [7, 11) is -3.31. The first-order valence-electron chi connectivity index (χ1n) is 10.6. The molecule has 2 aliphatic heterocycles. The first-order chi connectivity index (χ1) is 13.1. The van der Waals surface area contributed by atoms with Gasteiger partial charge in [0.2, 0.25) is 10.0 Å². The van der Waals surface area contributed by atoms with Gasteiger partial charge in [0, 0.05) is 43.6 Å². The molecule has 2 aliphatic carbocycles. The topological polar surface area (TPSA) is 58.6 Å². The van der Waals surface area contributed by atoms with Crippen molar-refractivity contribution in [2.24, 2.45) is 11.3 Å². The quantitative estimate of drug-likeness (QED) is 0.840. The highest BCUT2D eigenvalue weighted by atomic mass is 32.2. The molecule has 1 spiro atoms. The highest BCUT2D eigenvalue weighted by Crippen LogP contribution is 2.60. The second kappa shape index (κ2) is 6.83. The fraction of sp³-hybridized carbons (Fsp3) is 0.714. The van der Waals surface area contributed by atoms with E-state index in [1.165, 1.54) is 32.1 Å². The molecular weight excluding hydrogens is 360 g/mol. The summed E-state index contributed by atoms with van der Waals surface area (Å²) < 4.78 is 33.0. The zero-order valence-corrected chi connectivity index (χ0v) is 16.7. The Bertz CT molecular complexity index is 780. The van der Waals surface area contributed by atoms with Gasteiger partial charge in [0.15, 0.2) is 0 Å². The summed E-state index contributed by atoms with van der Waals surface area (Å²) in [4.78, 5) is 0.424. The van der Waals surface area contributed by atoms with E-state index in [9.17, 15) is 8.42 Å². The number of sulfonamides is 1. The second-order valence-corrected chi connectivity index (χ2v) is 10.7. The average Bonchev–Trinajstić information content (AvgIpc) is 3.42. The van der Waals surface area contributed by atoms with Crippen molar-refractivity contribution < 1.29 is 13.2 Å². The van der Waals surface area contributed by atoms with E-state index >= 15 is 0 Å². The van der Waals surface area contributed by atoms with Crippen molar-refractivity contribution in [2.45, 2.75) is 68.5 Å². The molecule has 2 saturated carbocycles. The minimum atomic E-state index is -3.31. The molecule has 5 rings (SSSR count). The van der Waals surface area contributed by atoms with Crippen LogP contribution in [-0.4, -0.2) is 44.6 Å². The number of fused-ring (bicyclic) bond motifs is 2. The van der Waals surface area contributed by atoms with Crippen molar-refractivity contribution in [3.8, 4) is 0 Å². The lowest BCUT2D eigenvalue weighted by Gasteiger charge is -2.57. The summed E-state index contributed by atoms with van der Waals surface area (Å²) in [5.41, 5.74) is 1.52. The summed E-state index contributed by atoms with van der Waals surface area (Å²) in [5.74, 6) is 0.665. The molecule has 1 unspecified atom stereocenters. The van der Waals surface area contributed by atoms with E-state index in [0.29, 0.717) is 41.5 Å². The van der Waals surface area contributed by atoms with Gasteiger partial charge in [-0.05, 0) is 49.8 Å². The van der Waals surface area contributed by atoms with Gasteiger partial charge in [-0.3, -0.25) is 0 Å². The number of nitrogens with one attached hydrogen (secondary N) is 1. The van der Waals surface area contributed by atoms with Crippen LogP contribution in [0.3, 0.4) is 0 Å². The lowest BCUT2D eigenvalue weighted by atomic mass is 9.54. The molecule has 4 fully saturated rings. The maximum Gasteiger partial charge on any atom is 0.243 e. The van der Waals surface area contributed by atoms with Gasteiger partial charge in [0.05, 0.1) is 11.0 Å². The maximum absolute atomic E-state index is 12.7. The van der Waals surface area contributed by atoms with Gasteiger partial charge in [-0.2, -0.15) is 4.31 Å². The standard InChI is InChI=1S/C21H30N2O3S/c24-27(25,23-12-3-4-13-23)17-7-5-16(6-8-17)15-22-19-18-9-14-26-20(18)21(19)10-1-2-11-21/h5-8,18-20,22H,1-4,9-15H2/t18-,19?,20-/m1/s1. The molecular formula is C21H30N2O3S. The van der Waals surface area contributed by atoms with E-state index in [4.69, 9.17) is 4.74 Å². The Labute approximate surface area is 162 Å². The molecule has 1 N–H and O–H groups in total. The normalized spacial score (nSPS) is 32.7. The number of hydrogen-bond acceptors (Lipinski definition) is 4. The van der Waals surface area contributed by atoms with E-state index in [-0.39, 0.29) is 0 Å². The second-order valence-electron chi connectivity index (χ2n) is 8.80. The molecule has 148 valence electrons. The van der Waals surface area contributed by atoms with Crippen LogP contribution in [-0.2, 0) is 21.3 Å². The molecule has 0 aromatic heterocycles. The molecule has 0 radical (unpaired) electrons. The van der Waals surface area contributed by atoms with Crippen molar-refractivity contribution in [3.63, 3.8) is 0 Å². The van der Waals surface area contributed by atoms with Gasteiger partial charge in [-0.25, -0.2) is 8.42 Å². The molecule has 4 aliphatic rings. The molecule has 2 saturated heterocycles. The van der Waals surface area contributed by atoms with E-state index < -0.39 is 10.0 Å². The molecule has 5 nitrogen and oxygen atoms in total. The van der Waals surface area contributed by atoms with Gasteiger partial charge in [0.1, 0.15) is 0 Å². The summed E-state index contributed by atoms with van der Waals surface area (Å²) in [6.45, 7) is 3.03. The zero-order chi connectivity index (χ0) is 18.5. The van der Waals surface area contributed by atoms with Crippen molar-refractivity contribution >= 4 is 10.0 Å². The van der Waals surface area contributed by atoms with Crippen molar-refractivity contribution in [1.82, 2.24) is 9.62 Å². The van der Waals surface area contributed by atoms with Gasteiger partial charge >= 0.3 is 0 Å². The lowest BCUT2D eigenvalue weighted by molar-refractivity contribution is -0.130. The summed E-state index contributed by atoms with van der Waals surface area (Å²) in [6.07, 6.45) is 8.83. The molecule has 27 heavy (non-hydrogen) atoms. The van der Waals surface area contributed by atoms with Crippen molar-refractivity contribution in [2.75, 3.05) is 19.7 Å². The van der Waals surface area contributed by atoms with E-state index in [1.807, 2.05) is 12.1 Å². The third kappa shape index (κ3) is 2.87. The molecule has 2 heterocycles. The van der Waals surface area contributed by atoms with E-state index in [0.717, 1.165) is 31.6 Å². The predicted molar refractivity (Wildman–Crippen MR) is 104 cm³/mol. The van der Waals surface area contributed by atoms with Crippen LogP contribution in [0.4, 0.5) is 0 Å². The Morgan fingerprint density at radius 2 is 1.78 bits per heavy atom. The third-order valence-electron chi connectivity index (χ3n) is 7.44. The highest BCUT2D eigenvalue weighted by Gasteiger charge is 2.64. The largest absolute Gasteiger partial charge is 0.377 e. The van der Waals surface area contributed by atoms with Crippen LogP contribution in [0.2, 0.25) is 0 Å². The van der Waals surface area contributed by atoms with Gasteiger partial charge in [0.25, 0.3) is 0 Å². The lowest BCUT2D eigenvalue weighted by Crippen LogP contribution is -2.67. The highest BCUT2D eigenvalue weighted by molar-refractivity contribution is 7.89. The Morgan fingerprint density at radius 1 is 1.07 bits per heavy atom. The fourth-order valence-corrected chi connectivity index (χ4v) is 7.61. The van der Waals surface area contributed by atoms with Crippen LogP contribution in [0, 0.1) is 11.3 Å². The van der Waals surface area contributed by atoms with Crippen molar-refractivity contribution in [3.05, 3.63) is 29.8 Å².